The Balaban J connectivity index is 3.76. The van der Waals surface area contributed by atoms with E-state index in [1.807, 2.05) is 0 Å². The number of hydrogen-bond donors (Lipinski definition) is 2. The van der Waals surface area contributed by atoms with Gasteiger partial charge in [0.2, 0.25) is 5.91 Å². The van der Waals surface area contributed by atoms with Crippen LogP contribution >= 0.6 is 0 Å². The Morgan fingerprint density at radius 3 is 2.82 bits per heavy atom. The van der Waals surface area contributed by atoms with Gasteiger partial charge in [0.15, 0.2) is 0 Å². The van der Waals surface area contributed by atoms with E-state index in [9.17, 15) is 4.79 Å². The summed E-state index contributed by atoms with van der Waals surface area (Å²) in [4.78, 5) is 10.8. The first kappa shape index (κ1) is 9.75. The van der Waals surface area contributed by atoms with E-state index in [1.54, 1.807) is 13.0 Å². The molecule has 0 unspecified atom stereocenters. The molecule has 3 heteroatoms. The molecule has 3 nitrogen and oxygen atoms in total. The summed E-state index contributed by atoms with van der Waals surface area (Å²) in [5.41, 5.74) is 0. The number of carbonyl (C=O) groups excluding carboxylic acids is 1. The molecule has 0 aromatic rings. The Labute approximate surface area is 66.4 Å². The number of nitrogens with one attached hydrogen (secondary N) is 1. The van der Waals surface area contributed by atoms with Gasteiger partial charge in [0, 0.05) is 19.0 Å². The third-order valence-corrected chi connectivity index (χ3v) is 1.08. The van der Waals surface area contributed by atoms with Crippen LogP contribution in [0.15, 0.2) is 24.5 Å². The van der Waals surface area contributed by atoms with E-state index in [0.717, 1.165) is 0 Å². The van der Waals surface area contributed by atoms with E-state index in [2.05, 4.69) is 11.9 Å². The number of aliphatic hydroxyl groups is 1. The van der Waals surface area contributed by atoms with Crippen LogP contribution in [-0.4, -0.2) is 17.6 Å². The van der Waals surface area contributed by atoms with E-state index in [4.69, 9.17) is 5.11 Å². The van der Waals surface area contributed by atoms with Crippen molar-refractivity contribution in [1.82, 2.24) is 5.32 Å². The quantitative estimate of drug-likeness (QED) is 0.363. The van der Waals surface area contributed by atoms with Crippen LogP contribution in [0.1, 0.15) is 13.3 Å². The fourth-order valence-corrected chi connectivity index (χ4v) is 0.477. The van der Waals surface area contributed by atoms with E-state index in [-0.39, 0.29) is 11.7 Å². The maximum atomic E-state index is 10.8. The van der Waals surface area contributed by atoms with Crippen LogP contribution in [-0.2, 0) is 4.79 Å². The van der Waals surface area contributed by atoms with E-state index >= 15 is 0 Å². The summed E-state index contributed by atoms with van der Waals surface area (Å²) in [6, 6.07) is 0. The summed E-state index contributed by atoms with van der Waals surface area (Å²) in [6.07, 6.45) is 3.22. The summed E-state index contributed by atoms with van der Waals surface area (Å²) < 4.78 is 0. The van der Waals surface area contributed by atoms with Gasteiger partial charge in [-0.25, -0.2) is 0 Å². The molecule has 0 rings (SSSR count). The van der Waals surface area contributed by atoms with Crippen molar-refractivity contribution in [2.75, 3.05) is 6.54 Å². The van der Waals surface area contributed by atoms with Gasteiger partial charge < -0.3 is 10.4 Å². The van der Waals surface area contributed by atoms with Crippen molar-refractivity contribution in [3.63, 3.8) is 0 Å². The summed E-state index contributed by atoms with van der Waals surface area (Å²) in [7, 11) is 0. The second-order valence-corrected chi connectivity index (χ2v) is 2.02. The highest BCUT2D eigenvalue weighted by atomic mass is 16.3. The van der Waals surface area contributed by atoms with Crippen molar-refractivity contribution in [1.29, 1.82) is 0 Å². The molecule has 0 aliphatic carbocycles. The van der Waals surface area contributed by atoms with Crippen molar-refractivity contribution < 1.29 is 9.90 Å². The zero-order valence-electron chi connectivity index (χ0n) is 6.63. The molecule has 0 saturated heterocycles. The van der Waals surface area contributed by atoms with Gasteiger partial charge >= 0.3 is 0 Å². The first-order valence-electron chi connectivity index (χ1n) is 3.49. The van der Waals surface area contributed by atoms with Crippen molar-refractivity contribution in [2.24, 2.45) is 0 Å². The lowest BCUT2D eigenvalue weighted by atomic mass is 10.3. The lowest BCUT2D eigenvalue weighted by molar-refractivity contribution is -0.116. The highest BCUT2D eigenvalue weighted by molar-refractivity contribution is 5.87. The average Bonchev–Trinajstić information content (AvgIpc) is 2.00. The molecule has 0 atom stereocenters. The lowest BCUT2D eigenvalue weighted by Crippen LogP contribution is -2.21. The molecule has 62 valence electrons. The molecule has 0 aromatic heterocycles. The van der Waals surface area contributed by atoms with Crippen LogP contribution in [0, 0.1) is 0 Å². The van der Waals surface area contributed by atoms with Crippen molar-refractivity contribution in [3.05, 3.63) is 24.5 Å². The Kier molecular flexibility index (Phi) is 4.90. The molecule has 2 N–H and O–H groups in total. The van der Waals surface area contributed by atoms with Crippen LogP contribution in [0.3, 0.4) is 0 Å². The maximum absolute atomic E-state index is 10.8. The van der Waals surface area contributed by atoms with Gasteiger partial charge in [0.1, 0.15) is 0 Å². The molecule has 0 aliphatic rings. The molecule has 0 bridgehead atoms. The third kappa shape index (κ3) is 5.21. The second kappa shape index (κ2) is 5.53. The monoisotopic (exact) mass is 155 g/mol. The maximum Gasteiger partial charge on any atom is 0.247 e. The standard InChI is InChI=1S/C8H13NO2/c1-3-5-9-8(11)6-7(10)4-2/h3,6,10H,1,4-5H2,2H3,(H,9,11)/b7-6+. The Morgan fingerprint density at radius 1 is 1.73 bits per heavy atom. The van der Waals surface area contributed by atoms with Crippen LogP contribution < -0.4 is 5.32 Å². The zero-order chi connectivity index (χ0) is 8.69. The predicted octanol–water partition coefficient (Wildman–Crippen LogP) is 1.14. The SMILES string of the molecule is C=CCNC(=O)/C=C(/O)CC. The lowest BCUT2D eigenvalue weighted by Gasteiger charge is -1.96. The molecular weight excluding hydrogens is 142 g/mol. The fourth-order valence-electron chi connectivity index (χ4n) is 0.477. The highest BCUT2D eigenvalue weighted by Crippen LogP contribution is 1.92. The van der Waals surface area contributed by atoms with E-state index in [1.165, 1.54) is 6.08 Å². The Morgan fingerprint density at radius 2 is 2.36 bits per heavy atom. The molecule has 0 fully saturated rings. The molecule has 1 amide bonds. The van der Waals surface area contributed by atoms with Gasteiger partial charge in [-0.3, -0.25) is 4.79 Å². The van der Waals surface area contributed by atoms with Crippen LogP contribution in [0.2, 0.25) is 0 Å². The molecular formula is C8H13NO2. The topological polar surface area (TPSA) is 49.3 Å². The minimum atomic E-state index is -0.288. The van der Waals surface area contributed by atoms with Crippen molar-refractivity contribution in [3.8, 4) is 0 Å². The summed E-state index contributed by atoms with van der Waals surface area (Å²) >= 11 is 0. The van der Waals surface area contributed by atoms with Crippen molar-refractivity contribution >= 4 is 5.91 Å². The second-order valence-electron chi connectivity index (χ2n) is 2.02. The predicted molar refractivity (Wildman–Crippen MR) is 44.2 cm³/mol. The number of rotatable bonds is 4. The van der Waals surface area contributed by atoms with Gasteiger partial charge in [0.05, 0.1) is 5.76 Å². The first-order valence-corrected chi connectivity index (χ1v) is 3.49. The molecule has 0 aliphatic heterocycles. The number of carbonyl (C=O) groups is 1. The molecule has 0 aromatic carbocycles. The highest BCUT2D eigenvalue weighted by Gasteiger charge is 1.95. The van der Waals surface area contributed by atoms with Crippen LogP contribution in [0.25, 0.3) is 0 Å². The molecule has 11 heavy (non-hydrogen) atoms. The number of aliphatic hydroxyl groups excluding tert-OH is 1. The molecule has 0 radical (unpaired) electrons. The summed E-state index contributed by atoms with van der Waals surface area (Å²) in [5, 5.41) is 11.4. The minimum absolute atomic E-state index is 0.0894. The van der Waals surface area contributed by atoms with Gasteiger partial charge in [0.25, 0.3) is 0 Å². The normalized spacial score (nSPS) is 10.8. The summed E-state index contributed by atoms with van der Waals surface area (Å²) in [5.74, 6) is -0.198. The Hall–Kier alpha value is -1.25. The van der Waals surface area contributed by atoms with Gasteiger partial charge in [-0.15, -0.1) is 6.58 Å². The van der Waals surface area contributed by atoms with Crippen LogP contribution in [0.5, 0.6) is 0 Å². The molecule has 0 heterocycles. The van der Waals surface area contributed by atoms with Crippen molar-refractivity contribution in [2.45, 2.75) is 13.3 Å². The summed E-state index contributed by atoms with van der Waals surface area (Å²) in [6.45, 7) is 5.63. The zero-order valence-corrected chi connectivity index (χ0v) is 6.63. The number of hydrogen-bond acceptors (Lipinski definition) is 2. The first-order chi connectivity index (χ1) is 5.20. The smallest absolute Gasteiger partial charge is 0.247 e. The number of allylic oxidation sites excluding steroid dienone is 1. The largest absolute Gasteiger partial charge is 0.512 e. The molecule has 0 saturated carbocycles. The minimum Gasteiger partial charge on any atom is -0.512 e. The van der Waals surface area contributed by atoms with Gasteiger partial charge in [-0.1, -0.05) is 13.0 Å². The van der Waals surface area contributed by atoms with E-state index < -0.39 is 0 Å². The molecule has 0 spiro atoms. The van der Waals surface area contributed by atoms with Gasteiger partial charge in [-0.2, -0.15) is 0 Å². The fraction of sp³-hybridized carbons (Fsp3) is 0.375. The number of amides is 1. The third-order valence-electron chi connectivity index (χ3n) is 1.08. The van der Waals surface area contributed by atoms with E-state index in [0.29, 0.717) is 13.0 Å². The Bertz CT molecular complexity index is 173. The van der Waals surface area contributed by atoms with Gasteiger partial charge in [-0.05, 0) is 0 Å². The van der Waals surface area contributed by atoms with Crippen LogP contribution in [0.4, 0.5) is 0 Å². The average molecular weight is 155 g/mol.